The number of aromatic nitrogens is 1. The fraction of sp³-hybridized carbons (Fsp3) is 0.263. The predicted octanol–water partition coefficient (Wildman–Crippen LogP) is 2.87. The Hall–Kier alpha value is -2.39. The molecule has 140 valence electrons. The number of hydrogen-bond acceptors (Lipinski definition) is 6. The molecule has 1 fully saturated rings. The SMILES string of the molecule is O=C(Nc1ccccc1F)c1ccc2sc([C@H]3C[C@H](O)[C@@H](CO)O3)nc2c1. The van der Waals surface area contributed by atoms with E-state index in [-0.39, 0.29) is 18.4 Å². The van der Waals surface area contributed by atoms with Crippen molar-refractivity contribution < 1.29 is 24.1 Å². The van der Waals surface area contributed by atoms with Gasteiger partial charge in [0.1, 0.15) is 23.0 Å². The minimum atomic E-state index is -0.728. The molecule has 2 aromatic carbocycles. The van der Waals surface area contributed by atoms with Gasteiger partial charge in [0.05, 0.1) is 28.6 Å². The summed E-state index contributed by atoms with van der Waals surface area (Å²) in [4.78, 5) is 16.9. The van der Waals surface area contributed by atoms with E-state index in [4.69, 9.17) is 4.74 Å². The number of nitrogens with one attached hydrogen (secondary N) is 1. The van der Waals surface area contributed by atoms with Crippen molar-refractivity contribution in [3.8, 4) is 0 Å². The van der Waals surface area contributed by atoms with Crippen molar-refractivity contribution in [2.75, 3.05) is 11.9 Å². The van der Waals surface area contributed by atoms with Crippen LogP contribution >= 0.6 is 11.3 Å². The molecule has 0 saturated carbocycles. The lowest BCUT2D eigenvalue weighted by Gasteiger charge is -2.09. The van der Waals surface area contributed by atoms with Crippen LogP contribution in [0.1, 0.15) is 27.9 Å². The maximum atomic E-state index is 13.7. The number of aliphatic hydroxyl groups is 2. The Morgan fingerprint density at radius 3 is 2.89 bits per heavy atom. The zero-order valence-corrected chi connectivity index (χ0v) is 14.9. The van der Waals surface area contributed by atoms with E-state index in [2.05, 4.69) is 10.3 Å². The van der Waals surface area contributed by atoms with Crippen LogP contribution in [-0.4, -0.2) is 39.9 Å². The van der Waals surface area contributed by atoms with Gasteiger partial charge in [-0.15, -0.1) is 11.3 Å². The highest BCUT2D eigenvalue weighted by Crippen LogP contribution is 2.37. The summed E-state index contributed by atoms with van der Waals surface area (Å²) >= 11 is 1.42. The van der Waals surface area contributed by atoms with Crippen LogP contribution < -0.4 is 5.32 Å². The summed E-state index contributed by atoms with van der Waals surface area (Å²) < 4.78 is 20.2. The Bertz CT molecular complexity index is 993. The molecule has 1 aliphatic heterocycles. The number of para-hydroxylation sites is 1. The Kier molecular flexibility index (Phi) is 4.88. The van der Waals surface area contributed by atoms with Crippen LogP contribution in [0.5, 0.6) is 0 Å². The highest BCUT2D eigenvalue weighted by Gasteiger charge is 2.35. The summed E-state index contributed by atoms with van der Waals surface area (Å²) in [5, 5.41) is 22.3. The number of benzene rings is 2. The number of anilines is 1. The lowest BCUT2D eigenvalue weighted by molar-refractivity contribution is -0.0225. The maximum Gasteiger partial charge on any atom is 0.255 e. The molecule has 1 aliphatic rings. The van der Waals surface area contributed by atoms with Gasteiger partial charge in [-0.25, -0.2) is 9.37 Å². The van der Waals surface area contributed by atoms with Crippen LogP contribution in [0.3, 0.4) is 0 Å². The van der Waals surface area contributed by atoms with Crippen LogP contribution in [0.15, 0.2) is 42.5 Å². The number of thiazole rings is 1. The molecule has 6 nitrogen and oxygen atoms in total. The first-order valence-electron chi connectivity index (χ1n) is 8.46. The Morgan fingerprint density at radius 2 is 2.15 bits per heavy atom. The molecular weight excluding hydrogens is 371 g/mol. The van der Waals surface area contributed by atoms with Gasteiger partial charge in [-0.1, -0.05) is 12.1 Å². The van der Waals surface area contributed by atoms with Gasteiger partial charge in [0.25, 0.3) is 5.91 Å². The molecule has 8 heteroatoms. The molecule has 3 N–H and O–H groups in total. The summed E-state index contributed by atoms with van der Waals surface area (Å²) in [6.07, 6.45) is -1.35. The third-order valence-electron chi connectivity index (χ3n) is 4.47. The van der Waals surface area contributed by atoms with Gasteiger partial charge < -0.3 is 20.3 Å². The molecule has 0 aliphatic carbocycles. The summed E-state index contributed by atoms with van der Waals surface area (Å²) in [6.45, 7) is -0.247. The molecule has 1 saturated heterocycles. The summed E-state index contributed by atoms with van der Waals surface area (Å²) in [5.74, 6) is -0.928. The number of ether oxygens (including phenoxy) is 1. The van der Waals surface area contributed by atoms with Crippen LogP contribution in [0.2, 0.25) is 0 Å². The van der Waals surface area contributed by atoms with Crippen LogP contribution in [0, 0.1) is 5.82 Å². The number of rotatable bonds is 4. The molecule has 1 amide bonds. The second-order valence-corrected chi connectivity index (χ2v) is 7.38. The maximum absolute atomic E-state index is 13.7. The number of nitrogens with zero attached hydrogens (tertiary/aromatic N) is 1. The topological polar surface area (TPSA) is 91.7 Å². The normalized spacial score (nSPS) is 22.3. The van der Waals surface area contributed by atoms with Gasteiger partial charge in [0.15, 0.2) is 0 Å². The largest absolute Gasteiger partial charge is 0.394 e. The summed E-state index contributed by atoms with van der Waals surface area (Å²) in [5.41, 5.74) is 1.11. The Labute approximate surface area is 158 Å². The Morgan fingerprint density at radius 1 is 1.33 bits per heavy atom. The van der Waals surface area contributed by atoms with Gasteiger partial charge in [-0.2, -0.15) is 0 Å². The lowest BCUT2D eigenvalue weighted by atomic mass is 10.1. The minimum absolute atomic E-state index is 0.116. The number of halogens is 1. The molecule has 3 atom stereocenters. The number of carbonyl (C=O) groups is 1. The highest BCUT2D eigenvalue weighted by molar-refractivity contribution is 7.18. The van der Waals surface area contributed by atoms with Crippen molar-refractivity contribution in [3.05, 3.63) is 58.9 Å². The van der Waals surface area contributed by atoms with E-state index >= 15 is 0 Å². The van der Waals surface area contributed by atoms with E-state index in [0.717, 1.165) is 4.70 Å². The average Bonchev–Trinajstić information content (AvgIpc) is 3.25. The molecule has 3 aromatic rings. The fourth-order valence-corrected chi connectivity index (χ4v) is 4.03. The van der Waals surface area contributed by atoms with Crippen molar-refractivity contribution in [2.45, 2.75) is 24.7 Å². The van der Waals surface area contributed by atoms with E-state index in [1.54, 1.807) is 30.3 Å². The van der Waals surface area contributed by atoms with Crippen molar-refractivity contribution >= 4 is 33.1 Å². The van der Waals surface area contributed by atoms with Crippen LogP contribution in [-0.2, 0) is 4.74 Å². The lowest BCUT2D eigenvalue weighted by Crippen LogP contribution is -2.24. The van der Waals surface area contributed by atoms with Gasteiger partial charge in [0, 0.05) is 12.0 Å². The van der Waals surface area contributed by atoms with E-state index in [9.17, 15) is 19.4 Å². The molecule has 0 bridgehead atoms. The monoisotopic (exact) mass is 388 g/mol. The molecule has 0 unspecified atom stereocenters. The number of amides is 1. The first-order valence-corrected chi connectivity index (χ1v) is 9.27. The van der Waals surface area contributed by atoms with E-state index in [1.165, 1.54) is 23.5 Å². The molecular formula is C19H17FN2O4S. The van der Waals surface area contributed by atoms with Gasteiger partial charge in [-0.3, -0.25) is 4.79 Å². The number of fused-ring (bicyclic) bond motifs is 1. The minimum Gasteiger partial charge on any atom is -0.394 e. The van der Waals surface area contributed by atoms with E-state index < -0.39 is 23.9 Å². The second-order valence-electron chi connectivity index (χ2n) is 6.32. The fourth-order valence-electron chi connectivity index (χ4n) is 3.03. The van der Waals surface area contributed by atoms with Crippen molar-refractivity contribution in [1.82, 2.24) is 4.98 Å². The van der Waals surface area contributed by atoms with Gasteiger partial charge in [-0.05, 0) is 30.3 Å². The standard InChI is InChI=1S/C19H17FN2O4S/c20-11-3-1-2-4-12(11)21-18(25)10-5-6-17-13(7-10)22-19(27-17)15-8-14(24)16(9-23)26-15/h1-7,14-16,23-24H,8-9H2,(H,21,25)/t14-,15+,16+/m0/s1. The second kappa shape index (κ2) is 7.32. The van der Waals surface area contributed by atoms with Gasteiger partial charge in [0.2, 0.25) is 0 Å². The number of carbonyl (C=O) groups excluding carboxylic acids is 1. The van der Waals surface area contributed by atoms with E-state index in [1.807, 2.05) is 0 Å². The van der Waals surface area contributed by atoms with E-state index in [0.29, 0.717) is 22.5 Å². The first kappa shape index (κ1) is 18.0. The predicted molar refractivity (Wildman–Crippen MR) is 99.3 cm³/mol. The highest BCUT2D eigenvalue weighted by atomic mass is 32.1. The molecule has 1 aromatic heterocycles. The van der Waals surface area contributed by atoms with Gasteiger partial charge >= 0.3 is 0 Å². The summed E-state index contributed by atoms with van der Waals surface area (Å²) in [6, 6.07) is 11.0. The van der Waals surface area contributed by atoms with Crippen molar-refractivity contribution in [3.63, 3.8) is 0 Å². The quantitative estimate of drug-likeness (QED) is 0.639. The van der Waals surface area contributed by atoms with Crippen molar-refractivity contribution in [2.24, 2.45) is 0 Å². The first-order chi connectivity index (χ1) is 13.0. The average molecular weight is 388 g/mol. The van der Waals surface area contributed by atoms with Crippen molar-refractivity contribution in [1.29, 1.82) is 0 Å². The number of hydrogen-bond donors (Lipinski definition) is 3. The molecule has 4 rings (SSSR count). The molecule has 2 heterocycles. The molecule has 27 heavy (non-hydrogen) atoms. The third kappa shape index (κ3) is 3.57. The molecule has 0 radical (unpaired) electrons. The zero-order chi connectivity index (χ0) is 19.0. The Balaban J connectivity index is 1.56. The number of aliphatic hydroxyl groups excluding tert-OH is 2. The smallest absolute Gasteiger partial charge is 0.255 e. The molecule has 0 spiro atoms. The zero-order valence-electron chi connectivity index (χ0n) is 14.1. The van der Waals surface area contributed by atoms with Crippen LogP contribution in [0.4, 0.5) is 10.1 Å². The third-order valence-corrected chi connectivity index (χ3v) is 5.60. The van der Waals surface area contributed by atoms with Crippen LogP contribution in [0.25, 0.3) is 10.2 Å². The summed E-state index contributed by atoms with van der Waals surface area (Å²) in [7, 11) is 0.